The van der Waals surface area contributed by atoms with Crippen LogP contribution < -0.4 is 5.73 Å². The molecule has 0 fully saturated rings. The number of nitrogens with two attached hydrogens (primary N) is 1. The van der Waals surface area contributed by atoms with Crippen molar-refractivity contribution in [2.45, 2.75) is 45.3 Å². The van der Waals surface area contributed by atoms with Crippen molar-refractivity contribution in [1.29, 1.82) is 0 Å². The zero-order chi connectivity index (χ0) is 12.0. The fraction of sp³-hybridized carbons (Fsp3) is 0.667. The van der Waals surface area contributed by atoms with Crippen LogP contribution in [0.15, 0.2) is 18.7 Å². The van der Waals surface area contributed by atoms with Crippen molar-refractivity contribution in [3.05, 3.63) is 24.3 Å². The molecule has 0 spiro atoms. The first-order valence-electron chi connectivity index (χ1n) is 5.84. The smallest absolute Gasteiger partial charge is 0.115 e. The number of rotatable bonds is 6. The van der Waals surface area contributed by atoms with Gasteiger partial charge in [-0.25, -0.2) is 9.97 Å². The molecule has 1 aromatic rings. The van der Waals surface area contributed by atoms with Gasteiger partial charge in [-0.05, 0) is 19.8 Å². The average Bonchev–Trinajstić information content (AvgIpc) is 2.36. The van der Waals surface area contributed by atoms with Crippen LogP contribution in [-0.2, 0) is 4.74 Å². The maximum atomic E-state index is 6.28. The lowest BCUT2D eigenvalue weighted by molar-refractivity contribution is -0.0647. The standard InChI is InChI=1S/C12H21N3O/c1-4-12(5-2,16-6-3)11(13)10-7-14-9-15-8-10/h7-9,11H,4-6,13H2,1-3H3. The van der Waals surface area contributed by atoms with Gasteiger partial charge in [0, 0.05) is 24.6 Å². The molecule has 0 amide bonds. The van der Waals surface area contributed by atoms with Crippen molar-refractivity contribution in [3.63, 3.8) is 0 Å². The Morgan fingerprint density at radius 3 is 2.25 bits per heavy atom. The van der Waals surface area contributed by atoms with Gasteiger partial charge in [-0.15, -0.1) is 0 Å². The summed E-state index contributed by atoms with van der Waals surface area (Å²) in [6.45, 7) is 6.86. The maximum Gasteiger partial charge on any atom is 0.115 e. The summed E-state index contributed by atoms with van der Waals surface area (Å²) < 4.78 is 5.86. The molecule has 0 bridgehead atoms. The lowest BCUT2D eigenvalue weighted by Gasteiger charge is -2.37. The molecule has 1 aromatic heterocycles. The largest absolute Gasteiger partial charge is 0.373 e. The van der Waals surface area contributed by atoms with Gasteiger partial charge >= 0.3 is 0 Å². The predicted octanol–water partition coefficient (Wildman–Crippen LogP) is 2.07. The van der Waals surface area contributed by atoms with Gasteiger partial charge in [0.25, 0.3) is 0 Å². The van der Waals surface area contributed by atoms with E-state index in [2.05, 4.69) is 23.8 Å². The Kier molecular flexibility index (Phi) is 4.83. The van der Waals surface area contributed by atoms with E-state index in [9.17, 15) is 0 Å². The molecule has 0 aliphatic rings. The van der Waals surface area contributed by atoms with E-state index in [1.165, 1.54) is 6.33 Å². The van der Waals surface area contributed by atoms with E-state index in [4.69, 9.17) is 10.5 Å². The van der Waals surface area contributed by atoms with E-state index >= 15 is 0 Å². The molecule has 0 aromatic carbocycles. The lowest BCUT2D eigenvalue weighted by Crippen LogP contribution is -2.43. The van der Waals surface area contributed by atoms with Crippen LogP contribution in [0.2, 0.25) is 0 Å². The highest BCUT2D eigenvalue weighted by Crippen LogP contribution is 2.32. The molecule has 0 aliphatic heterocycles. The van der Waals surface area contributed by atoms with Gasteiger partial charge in [0.15, 0.2) is 0 Å². The first kappa shape index (κ1) is 13.1. The van der Waals surface area contributed by atoms with E-state index < -0.39 is 0 Å². The molecular formula is C12H21N3O. The molecule has 2 N–H and O–H groups in total. The van der Waals surface area contributed by atoms with E-state index in [1.54, 1.807) is 12.4 Å². The Morgan fingerprint density at radius 2 is 1.81 bits per heavy atom. The number of hydrogen-bond acceptors (Lipinski definition) is 4. The molecule has 1 unspecified atom stereocenters. The second kappa shape index (κ2) is 5.92. The SMILES string of the molecule is CCOC(CC)(CC)C(N)c1cncnc1. The van der Waals surface area contributed by atoms with E-state index in [0.717, 1.165) is 18.4 Å². The number of hydrogen-bond donors (Lipinski definition) is 1. The molecular weight excluding hydrogens is 202 g/mol. The molecule has 16 heavy (non-hydrogen) atoms. The summed E-state index contributed by atoms with van der Waals surface area (Å²) in [6, 6.07) is -0.177. The van der Waals surface area contributed by atoms with Crippen LogP contribution in [0.1, 0.15) is 45.2 Å². The molecule has 90 valence electrons. The summed E-state index contributed by atoms with van der Waals surface area (Å²) in [4.78, 5) is 8.00. The van der Waals surface area contributed by atoms with Crippen LogP contribution >= 0.6 is 0 Å². The third kappa shape index (κ3) is 2.57. The van der Waals surface area contributed by atoms with E-state index in [1.807, 2.05) is 6.92 Å². The monoisotopic (exact) mass is 223 g/mol. The Hall–Kier alpha value is -1.00. The average molecular weight is 223 g/mol. The van der Waals surface area contributed by atoms with Gasteiger partial charge < -0.3 is 10.5 Å². The van der Waals surface area contributed by atoms with Crippen molar-refractivity contribution in [2.24, 2.45) is 5.73 Å². The van der Waals surface area contributed by atoms with Crippen LogP contribution in [0, 0.1) is 0 Å². The molecule has 1 heterocycles. The second-order valence-electron chi connectivity index (χ2n) is 3.85. The third-order valence-corrected chi connectivity index (χ3v) is 3.14. The van der Waals surface area contributed by atoms with Gasteiger partial charge in [0.2, 0.25) is 0 Å². The van der Waals surface area contributed by atoms with E-state index in [0.29, 0.717) is 6.61 Å². The Morgan fingerprint density at radius 1 is 1.25 bits per heavy atom. The molecule has 0 radical (unpaired) electrons. The number of aromatic nitrogens is 2. The quantitative estimate of drug-likeness (QED) is 0.802. The molecule has 4 heteroatoms. The highest BCUT2D eigenvalue weighted by atomic mass is 16.5. The minimum atomic E-state index is -0.306. The zero-order valence-electron chi connectivity index (χ0n) is 10.3. The molecule has 1 atom stereocenters. The Labute approximate surface area is 97.2 Å². The summed E-state index contributed by atoms with van der Waals surface area (Å²) in [7, 11) is 0. The van der Waals surface area contributed by atoms with Crippen LogP contribution in [0.5, 0.6) is 0 Å². The molecule has 0 aliphatic carbocycles. The molecule has 4 nitrogen and oxygen atoms in total. The summed E-state index contributed by atoms with van der Waals surface area (Å²) >= 11 is 0. The summed E-state index contributed by atoms with van der Waals surface area (Å²) in [5, 5.41) is 0. The zero-order valence-corrected chi connectivity index (χ0v) is 10.3. The van der Waals surface area contributed by atoms with Crippen LogP contribution in [-0.4, -0.2) is 22.2 Å². The number of nitrogens with zero attached hydrogens (tertiary/aromatic N) is 2. The Bertz CT molecular complexity index is 298. The van der Waals surface area contributed by atoms with Crippen LogP contribution in [0.3, 0.4) is 0 Å². The Balaban J connectivity index is 2.95. The van der Waals surface area contributed by atoms with Crippen molar-refractivity contribution in [2.75, 3.05) is 6.61 Å². The van der Waals surface area contributed by atoms with Gasteiger partial charge in [-0.2, -0.15) is 0 Å². The fourth-order valence-electron chi connectivity index (χ4n) is 2.05. The van der Waals surface area contributed by atoms with Gasteiger partial charge in [0.05, 0.1) is 11.6 Å². The van der Waals surface area contributed by atoms with Crippen molar-refractivity contribution < 1.29 is 4.74 Å². The van der Waals surface area contributed by atoms with Crippen LogP contribution in [0.25, 0.3) is 0 Å². The van der Waals surface area contributed by atoms with Gasteiger partial charge in [0.1, 0.15) is 6.33 Å². The molecule has 0 saturated heterocycles. The minimum Gasteiger partial charge on any atom is -0.373 e. The van der Waals surface area contributed by atoms with Gasteiger partial charge in [-0.1, -0.05) is 13.8 Å². The summed E-state index contributed by atoms with van der Waals surface area (Å²) in [5.41, 5.74) is 6.90. The van der Waals surface area contributed by atoms with Gasteiger partial charge in [-0.3, -0.25) is 0 Å². The number of ether oxygens (including phenoxy) is 1. The van der Waals surface area contributed by atoms with Crippen LogP contribution in [0.4, 0.5) is 0 Å². The topological polar surface area (TPSA) is 61.0 Å². The summed E-state index contributed by atoms with van der Waals surface area (Å²) in [5.74, 6) is 0. The minimum absolute atomic E-state index is 0.177. The van der Waals surface area contributed by atoms with Crippen molar-refractivity contribution in [1.82, 2.24) is 9.97 Å². The van der Waals surface area contributed by atoms with Crippen molar-refractivity contribution in [3.8, 4) is 0 Å². The lowest BCUT2D eigenvalue weighted by atomic mass is 9.85. The third-order valence-electron chi connectivity index (χ3n) is 3.14. The fourth-order valence-corrected chi connectivity index (χ4v) is 2.05. The van der Waals surface area contributed by atoms with Crippen molar-refractivity contribution >= 4 is 0 Å². The highest BCUT2D eigenvalue weighted by molar-refractivity contribution is 5.14. The first-order valence-corrected chi connectivity index (χ1v) is 5.84. The first-order chi connectivity index (χ1) is 7.70. The molecule has 0 saturated carbocycles. The second-order valence-corrected chi connectivity index (χ2v) is 3.85. The molecule has 1 rings (SSSR count). The normalized spacial score (nSPS) is 13.8. The summed E-state index contributed by atoms with van der Waals surface area (Å²) in [6.07, 6.45) is 6.80. The maximum absolute atomic E-state index is 6.28. The highest BCUT2D eigenvalue weighted by Gasteiger charge is 2.35. The van der Waals surface area contributed by atoms with E-state index in [-0.39, 0.29) is 11.6 Å². The predicted molar refractivity (Wildman–Crippen MR) is 63.9 cm³/mol.